The van der Waals surface area contributed by atoms with E-state index >= 15 is 0 Å². The zero-order valence-corrected chi connectivity index (χ0v) is 22.1. The minimum Gasteiger partial charge on any atom is -0.480 e. The summed E-state index contributed by atoms with van der Waals surface area (Å²) in [7, 11) is 5.12. The third kappa shape index (κ3) is 4.79. The zero-order valence-electron chi connectivity index (χ0n) is 21.3. The van der Waals surface area contributed by atoms with Crippen molar-refractivity contribution in [3.8, 4) is 22.1 Å². The van der Waals surface area contributed by atoms with Gasteiger partial charge in [0.1, 0.15) is 16.5 Å². The number of hydrogen-bond acceptors (Lipinski definition) is 8. The molecule has 0 saturated carbocycles. The van der Waals surface area contributed by atoms with E-state index < -0.39 is 29.4 Å². The van der Waals surface area contributed by atoms with Crippen LogP contribution in [-0.2, 0) is 13.1 Å². The van der Waals surface area contributed by atoms with E-state index in [1.165, 1.54) is 41.2 Å². The second-order valence-corrected chi connectivity index (χ2v) is 10.1. The van der Waals surface area contributed by atoms with E-state index in [-0.39, 0.29) is 27.5 Å². The lowest BCUT2D eigenvalue weighted by Crippen LogP contribution is -2.39. The van der Waals surface area contributed by atoms with E-state index in [0.29, 0.717) is 17.8 Å². The highest BCUT2D eigenvalue weighted by Gasteiger charge is 2.25. The molecule has 0 atom stereocenters. The van der Waals surface area contributed by atoms with Gasteiger partial charge in [-0.2, -0.15) is 0 Å². The van der Waals surface area contributed by atoms with Gasteiger partial charge in [-0.1, -0.05) is 18.2 Å². The van der Waals surface area contributed by atoms with Crippen LogP contribution in [0.15, 0.2) is 64.2 Å². The summed E-state index contributed by atoms with van der Waals surface area (Å²) in [6, 6.07) is 13.5. The average Bonchev–Trinajstić information content (AvgIpc) is 3.27. The summed E-state index contributed by atoms with van der Waals surface area (Å²) >= 11 is 1.20. The van der Waals surface area contributed by atoms with Crippen LogP contribution in [0.3, 0.4) is 0 Å². The molecule has 2 aromatic carbocycles. The summed E-state index contributed by atoms with van der Waals surface area (Å²) in [6.45, 7) is -0.0870. The van der Waals surface area contributed by atoms with Crippen molar-refractivity contribution in [3.05, 3.63) is 98.2 Å². The molecule has 5 aromatic rings. The fraction of sp³-hybridized carbons (Fsp3) is 0.185. The molecule has 0 aliphatic heterocycles. The minimum atomic E-state index is -0.809. The number of benzene rings is 2. The molecule has 0 bridgehead atoms. The summed E-state index contributed by atoms with van der Waals surface area (Å²) in [4.78, 5) is 30.8. The summed E-state index contributed by atoms with van der Waals surface area (Å²) in [5.74, 6) is -1.47. The van der Waals surface area contributed by atoms with E-state index in [4.69, 9.17) is 10.5 Å². The van der Waals surface area contributed by atoms with Gasteiger partial charge in [-0.05, 0) is 55.6 Å². The minimum absolute atomic E-state index is 0.0495. The van der Waals surface area contributed by atoms with Gasteiger partial charge in [-0.25, -0.2) is 18.1 Å². The molecule has 39 heavy (non-hydrogen) atoms. The Morgan fingerprint density at radius 2 is 1.67 bits per heavy atom. The fourth-order valence-electron chi connectivity index (χ4n) is 4.33. The Morgan fingerprint density at radius 1 is 0.974 bits per heavy atom. The van der Waals surface area contributed by atoms with E-state index in [2.05, 4.69) is 10.2 Å². The second kappa shape index (κ2) is 10.4. The maximum atomic E-state index is 14.7. The number of nitrogens with two attached hydrogens (primary N) is 1. The van der Waals surface area contributed by atoms with Gasteiger partial charge in [0.05, 0.1) is 19.0 Å². The fourth-order valence-corrected chi connectivity index (χ4v) is 5.63. The van der Waals surface area contributed by atoms with Gasteiger partial charge < -0.3 is 15.4 Å². The van der Waals surface area contributed by atoms with Crippen molar-refractivity contribution in [1.29, 1.82) is 0 Å². The Hall–Kier alpha value is -4.42. The number of ether oxygens (including phenoxy) is 1. The number of aromatic nitrogens is 4. The van der Waals surface area contributed by atoms with Gasteiger partial charge in [0.25, 0.3) is 5.56 Å². The normalized spacial score (nSPS) is 11.4. The first-order valence-corrected chi connectivity index (χ1v) is 12.6. The van der Waals surface area contributed by atoms with Gasteiger partial charge in [0.2, 0.25) is 5.88 Å². The summed E-state index contributed by atoms with van der Waals surface area (Å²) in [5, 5.41) is 8.14. The Labute approximate surface area is 225 Å². The molecule has 0 aliphatic rings. The number of anilines is 1. The van der Waals surface area contributed by atoms with Crippen molar-refractivity contribution < 1.29 is 13.5 Å². The molecule has 0 aliphatic carbocycles. The maximum Gasteiger partial charge on any atom is 0.338 e. The molecule has 9 nitrogen and oxygen atoms in total. The van der Waals surface area contributed by atoms with Crippen LogP contribution >= 0.6 is 11.3 Å². The molecule has 0 unspecified atom stereocenters. The lowest BCUT2D eigenvalue weighted by molar-refractivity contribution is 0.391. The average molecular weight is 551 g/mol. The Morgan fingerprint density at radius 3 is 2.26 bits per heavy atom. The predicted octanol–water partition coefficient (Wildman–Crippen LogP) is 3.65. The predicted molar refractivity (Wildman–Crippen MR) is 147 cm³/mol. The summed E-state index contributed by atoms with van der Waals surface area (Å²) in [5.41, 5.74) is 6.18. The first-order chi connectivity index (χ1) is 18.7. The number of nitrogens with zero attached hydrogens (tertiary/aromatic N) is 5. The highest BCUT2D eigenvalue weighted by molar-refractivity contribution is 7.22. The molecule has 0 fully saturated rings. The number of rotatable bonds is 7. The van der Waals surface area contributed by atoms with E-state index in [0.717, 1.165) is 27.1 Å². The first kappa shape index (κ1) is 26.2. The Bertz CT molecular complexity index is 1770. The first-order valence-electron chi connectivity index (χ1n) is 11.8. The molecular formula is C27H24F2N6O3S. The van der Waals surface area contributed by atoms with Crippen molar-refractivity contribution in [1.82, 2.24) is 24.2 Å². The van der Waals surface area contributed by atoms with Gasteiger partial charge in [0, 0.05) is 28.7 Å². The molecule has 200 valence electrons. The van der Waals surface area contributed by atoms with E-state index in [1.807, 2.05) is 31.1 Å². The molecule has 0 radical (unpaired) electrons. The molecule has 5 rings (SSSR count). The van der Waals surface area contributed by atoms with Gasteiger partial charge >= 0.3 is 5.69 Å². The van der Waals surface area contributed by atoms with Crippen molar-refractivity contribution in [2.24, 2.45) is 0 Å². The standard InChI is InChI=1S/C27H24F2N6O3S/c1-33(2)13-18-23-25(36)35(21-11-12-22(38-3)32-31-21)27(37)34(14-17-19(28)5-4-6-20(17)29)26(23)39-24(18)15-7-9-16(30)10-8-15/h4-12H,13-14,30H2,1-3H3. The van der Waals surface area contributed by atoms with Gasteiger partial charge in [-0.3, -0.25) is 9.36 Å². The van der Waals surface area contributed by atoms with Crippen LogP contribution in [0.25, 0.3) is 26.5 Å². The number of fused-ring (bicyclic) bond motifs is 1. The third-order valence-electron chi connectivity index (χ3n) is 6.16. The molecular weight excluding hydrogens is 526 g/mol. The summed E-state index contributed by atoms with van der Waals surface area (Å²) < 4.78 is 36.6. The second-order valence-electron chi connectivity index (χ2n) is 9.09. The Kier molecular flexibility index (Phi) is 6.98. The SMILES string of the molecule is COc1ccc(-n2c(=O)c3c(CN(C)C)c(-c4ccc(N)cc4)sc3n(Cc3c(F)cccc3F)c2=O)nn1. The van der Waals surface area contributed by atoms with Gasteiger partial charge in [0.15, 0.2) is 5.82 Å². The lowest BCUT2D eigenvalue weighted by atomic mass is 10.1. The Balaban J connectivity index is 1.89. The number of thiophene rings is 1. The highest BCUT2D eigenvalue weighted by atomic mass is 32.1. The smallest absolute Gasteiger partial charge is 0.338 e. The molecule has 3 aromatic heterocycles. The molecule has 0 spiro atoms. The van der Waals surface area contributed by atoms with Crippen LogP contribution in [0.5, 0.6) is 5.88 Å². The zero-order chi connectivity index (χ0) is 27.8. The number of halogens is 2. The van der Waals surface area contributed by atoms with E-state index in [1.54, 1.807) is 12.1 Å². The van der Waals surface area contributed by atoms with Gasteiger partial charge in [-0.15, -0.1) is 21.5 Å². The van der Waals surface area contributed by atoms with Crippen LogP contribution in [-0.4, -0.2) is 45.4 Å². The molecule has 2 N–H and O–H groups in total. The molecule has 12 heteroatoms. The van der Waals surface area contributed by atoms with Crippen LogP contribution in [0.4, 0.5) is 14.5 Å². The third-order valence-corrected chi connectivity index (χ3v) is 7.47. The van der Waals surface area contributed by atoms with Crippen LogP contribution in [0.2, 0.25) is 0 Å². The quantitative estimate of drug-likeness (QED) is 0.308. The van der Waals surface area contributed by atoms with Crippen molar-refractivity contribution in [2.75, 3.05) is 26.9 Å². The lowest BCUT2D eigenvalue weighted by Gasteiger charge is -2.14. The molecule has 0 amide bonds. The number of hydrogen-bond donors (Lipinski definition) is 1. The van der Waals surface area contributed by atoms with Crippen LogP contribution < -0.4 is 21.7 Å². The van der Waals surface area contributed by atoms with E-state index in [9.17, 15) is 18.4 Å². The summed E-state index contributed by atoms with van der Waals surface area (Å²) in [6.07, 6.45) is 0. The molecule has 0 saturated heterocycles. The number of nitrogen functional groups attached to an aromatic ring is 1. The number of methoxy groups -OCH3 is 1. The van der Waals surface area contributed by atoms with Crippen molar-refractivity contribution >= 4 is 27.2 Å². The maximum absolute atomic E-state index is 14.7. The van der Waals surface area contributed by atoms with Crippen molar-refractivity contribution in [2.45, 2.75) is 13.1 Å². The molecule has 3 heterocycles. The highest BCUT2D eigenvalue weighted by Crippen LogP contribution is 2.38. The largest absolute Gasteiger partial charge is 0.480 e. The van der Waals surface area contributed by atoms with Crippen molar-refractivity contribution in [3.63, 3.8) is 0 Å². The van der Waals surface area contributed by atoms with Crippen LogP contribution in [0, 0.1) is 11.6 Å². The topological polar surface area (TPSA) is 108 Å². The monoisotopic (exact) mass is 550 g/mol. The van der Waals surface area contributed by atoms with Crippen LogP contribution in [0.1, 0.15) is 11.1 Å².